The molecule has 4 nitrogen and oxygen atoms in total. The van der Waals surface area contributed by atoms with Gasteiger partial charge >= 0.3 is 166 Å². The molecule has 0 rings (SSSR count). The van der Waals surface area contributed by atoms with E-state index in [1.165, 1.54) is 0 Å². The van der Waals surface area contributed by atoms with Gasteiger partial charge in [-0.1, -0.05) is 0 Å². The van der Waals surface area contributed by atoms with Crippen LogP contribution in [-0.2, 0) is 9.59 Å². The van der Waals surface area contributed by atoms with Crippen molar-refractivity contribution < 1.29 is 178 Å². The molecule has 0 radical (unpaired) electrons. The van der Waals surface area contributed by atoms with Crippen LogP contribution in [0.25, 0.3) is 0 Å². The summed E-state index contributed by atoms with van der Waals surface area (Å²) in [4.78, 5) is 18.9. The molecule has 0 aromatic heterocycles. The van der Waals surface area contributed by atoms with Crippen LogP contribution in [-0.4, -0.2) is 22.2 Å². The summed E-state index contributed by atoms with van der Waals surface area (Å²) >= 11 is 0. The van der Waals surface area contributed by atoms with E-state index in [4.69, 9.17) is 10.2 Å². The van der Waals surface area contributed by atoms with Gasteiger partial charge in [-0.2, -0.15) is 0 Å². The van der Waals surface area contributed by atoms with E-state index in [9.17, 15) is 9.59 Å². The number of aliphatic carboxylic acids is 2. The molecule has 0 spiro atoms. The quantitative estimate of drug-likeness (QED) is 0.361. The minimum absolute atomic E-state index is 0. The molecule has 0 aliphatic carbocycles. The van der Waals surface area contributed by atoms with E-state index in [1.54, 1.807) is 0 Å². The van der Waals surface area contributed by atoms with Crippen LogP contribution in [0, 0.1) is 0 Å². The summed E-state index contributed by atoms with van der Waals surface area (Å²) in [7, 11) is 0. The summed E-state index contributed by atoms with van der Waals surface area (Å²) in [6.07, 6.45) is -0.806. The number of carboxylic acids is 2. The third-order valence-corrected chi connectivity index (χ3v) is 0.302. The molecule has 0 saturated heterocycles. The average molecular weight is 224 g/mol. The van der Waals surface area contributed by atoms with Gasteiger partial charge in [0.05, 0.1) is 0 Å². The molecule has 7 heteroatoms. The van der Waals surface area contributed by atoms with E-state index in [2.05, 4.69) is 0 Å². The summed E-state index contributed by atoms with van der Waals surface area (Å²) in [6.45, 7) is 0. The van der Waals surface area contributed by atoms with Gasteiger partial charge in [0.25, 0.3) is 0 Å². The van der Waals surface area contributed by atoms with Crippen molar-refractivity contribution in [2.75, 3.05) is 0 Å². The second-order valence-corrected chi connectivity index (χ2v) is 0.964. The third kappa shape index (κ3) is 22.6. The maximum atomic E-state index is 9.43. The zero-order valence-corrected chi connectivity index (χ0v) is 15.8. The van der Waals surface area contributed by atoms with Crippen molar-refractivity contribution in [3.8, 4) is 0 Å². The maximum Gasteiger partial charge on any atom is 1.00 e. The van der Waals surface area contributed by atoms with Gasteiger partial charge in [0, 0.05) is 0 Å². The topological polar surface area (TPSA) is 74.6 Å². The Labute approximate surface area is 191 Å². The Morgan fingerprint density at radius 3 is 1.20 bits per heavy atom. The molecule has 46 valence electrons. The van der Waals surface area contributed by atoms with Gasteiger partial charge in [0.15, 0.2) is 0 Å². The molecular weight excluding hydrogens is 217 g/mol. The van der Waals surface area contributed by atoms with Crippen LogP contribution in [0.5, 0.6) is 0 Å². The van der Waals surface area contributed by atoms with Crippen molar-refractivity contribution in [2.24, 2.45) is 0 Å². The molecule has 0 aliphatic rings. The summed E-state index contributed by atoms with van der Waals surface area (Å²) in [6, 6.07) is 0. The molecule has 0 heterocycles. The van der Waals surface area contributed by atoms with E-state index in [0.717, 1.165) is 0 Å². The molecular formula is C3H7K3O4. The number of hydrogen-bond acceptors (Lipinski definition) is 2. The SMILES string of the molecule is O=C(O)CC(=O)O.[H-].[H-].[H-].[K+].[K+].[K+]. The Morgan fingerprint density at radius 1 is 1.00 bits per heavy atom. The number of carbonyl (C=O) groups is 2. The minimum Gasteiger partial charge on any atom is -1.00 e. The van der Waals surface area contributed by atoms with Gasteiger partial charge < -0.3 is 14.5 Å². The first-order chi connectivity index (χ1) is 3.13. The van der Waals surface area contributed by atoms with Gasteiger partial charge in [0.1, 0.15) is 6.42 Å². The molecule has 0 atom stereocenters. The van der Waals surface area contributed by atoms with E-state index >= 15 is 0 Å². The molecule has 0 amide bonds. The Bertz CT molecular complexity index is 102. The van der Waals surface area contributed by atoms with Crippen LogP contribution in [0.2, 0.25) is 0 Å². The molecule has 0 saturated carbocycles. The molecule has 0 fully saturated rings. The second-order valence-electron chi connectivity index (χ2n) is 0.964. The molecule has 10 heavy (non-hydrogen) atoms. The van der Waals surface area contributed by atoms with Crippen LogP contribution in [0.15, 0.2) is 0 Å². The number of hydrogen-bond donors (Lipinski definition) is 2. The van der Waals surface area contributed by atoms with Crippen molar-refractivity contribution in [1.29, 1.82) is 0 Å². The molecule has 0 unspecified atom stereocenters. The van der Waals surface area contributed by atoms with Gasteiger partial charge in [-0.05, 0) is 0 Å². The van der Waals surface area contributed by atoms with Gasteiger partial charge in [-0.25, -0.2) is 0 Å². The maximum absolute atomic E-state index is 9.43. The minimum atomic E-state index is -1.31. The monoisotopic (exact) mass is 224 g/mol. The Kier molecular flexibility index (Phi) is 36.1. The van der Waals surface area contributed by atoms with Crippen LogP contribution < -0.4 is 154 Å². The van der Waals surface area contributed by atoms with Crippen molar-refractivity contribution >= 4 is 11.9 Å². The first kappa shape index (κ1) is 23.6. The largest absolute Gasteiger partial charge is 1.00 e. The van der Waals surface area contributed by atoms with E-state index in [-0.39, 0.29) is 158 Å². The van der Waals surface area contributed by atoms with E-state index in [0.29, 0.717) is 0 Å². The molecule has 0 aromatic rings. The summed E-state index contributed by atoms with van der Waals surface area (Å²) in [5.41, 5.74) is 0. The predicted octanol–water partition coefficient (Wildman–Crippen LogP) is -9.10. The standard InChI is InChI=1S/C3H4O4.3K.3H/c4-2(5)1-3(6)7;;;;;;/h1H2,(H,4,5)(H,6,7);;;;;;/q;3*+1;3*-1. The van der Waals surface area contributed by atoms with Gasteiger partial charge in [-0.3, -0.25) is 9.59 Å². The molecule has 0 bridgehead atoms. The summed E-state index contributed by atoms with van der Waals surface area (Å²) in [5.74, 6) is -2.62. The Hall–Kier alpha value is 3.85. The molecule has 0 aliphatic heterocycles. The smallest absolute Gasteiger partial charge is 1.00 e. The van der Waals surface area contributed by atoms with Crippen molar-refractivity contribution in [3.63, 3.8) is 0 Å². The van der Waals surface area contributed by atoms with Crippen LogP contribution >= 0.6 is 0 Å². The predicted molar refractivity (Wildman–Crippen MR) is 23.2 cm³/mol. The van der Waals surface area contributed by atoms with E-state index in [1.807, 2.05) is 0 Å². The Balaban J connectivity index is -0.0000000120. The van der Waals surface area contributed by atoms with Crippen molar-refractivity contribution in [3.05, 3.63) is 0 Å². The van der Waals surface area contributed by atoms with Crippen LogP contribution in [0.4, 0.5) is 0 Å². The normalized spacial score (nSPS) is 5.60. The van der Waals surface area contributed by atoms with Crippen molar-refractivity contribution in [1.82, 2.24) is 0 Å². The Morgan fingerprint density at radius 2 is 1.20 bits per heavy atom. The van der Waals surface area contributed by atoms with Gasteiger partial charge in [0.2, 0.25) is 0 Å². The zero-order valence-electron chi connectivity index (χ0n) is 9.42. The number of rotatable bonds is 2. The summed E-state index contributed by atoms with van der Waals surface area (Å²) in [5, 5.41) is 15.4. The zero-order chi connectivity index (χ0) is 5.86. The first-order valence-electron chi connectivity index (χ1n) is 1.56. The molecule has 0 aromatic carbocycles. The van der Waals surface area contributed by atoms with E-state index < -0.39 is 18.4 Å². The van der Waals surface area contributed by atoms with Gasteiger partial charge in [-0.15, -0.1) is 0 Å². The van der Waals surface area contributed by atoms with Crippen LogP contribution in [0.1, 0.15) is 10.7 Å². The molecule has 2 N–H and O–H groups in total. The van der Waals surface area contributed by atoms with Crippen molar-refractivity contribution in [2.45, 2.75) is 6.42 Å². The fraction of sp³-hybridized carbons (Fsp3) is 0.333. The number of carboxylic acid groups (broad SMARTS) is 2. The summed E-state index contributed by atoms with van der Waals surface area (Å²) < 4.78 is 0. The fourth-order valence-electron chi connectivity index (χ4n) is 0.129. The second kappa shape index (κ2) is 15.3. The average Bonchev–Trinajstić information content (AvgIpc) is 1.27. The third-order valence-electron chi connectivity index (χ3n) is 0.302. The van der Waals surface area contributed by atoms with Crippen LogP contribution in [0.3, 0.4) is 0 Å². The first-order valence-corrected chi connectivity index (χ1v) is 1.56. The fourth-order valence-corrected chi connectivity index (χ4v) is 0.129.